The SMILES string of the molecule is O=C(NCC1CCCC1)N1CCN(c2ccccn2)CC1. The van der Waals surface area contributed by atoms with Gasteiger partial charge >= 0.3 is 6.03 Å². The van der Waals surface area contributed by atoms with Gasteiger partial charge in [-0.1, -0.05) is 18.9 Å². The molecule has 2 fully saturated rings. The molecule has 1 aliphatic heterocycles. The van der Waals surface area contributed by atoms with Crippen LogP contribution in [0.2, 0.25) is 0 Å². The lowest BCUT2D eigenvalue weighted by molar-refractivity contribution is 0.192. The van der Waals surface area contributed by atoms with Crippen LogP contribution in [0.5, 0.6) is 0 Å². The van der Waals surface area contributed by atoms with E-state index in [9.17, 15) is 4.79 Å². The molecule has 5 heteroatoms. The van der Waals surface area contributed by atoms with Gasteiger partial charge in [0.1, 0.15) is 5.82 Å². The first-order chi connectivity index (χ1) is 10.3. The van der Waals surface area contributed by atoms with Crippen molar-refractivity contribution in [2.24, 2.45) is 5.92 Å². The number of piperazine rings is 1. The summed E-state index contributed by atoms with van der Waals surface area (Å²) in [7, 11) is 0. The van der Waals surface area contributed by atoms with Crippen molar-refractivity contribution in [2.75, 3.05) is 37.6 Å². The Hall–Kier alpha value is -1.78. The molecule has 2 heterocycles. The highest BCUT2D eigenvalue weighted by Crippen LogP contribution is 2.23. The Morgan fingerprint density at radius 3 is 2.62 bits per heavy atom. The molecule has 114 valence electrons. The number of hydrogen-bond donors (Lipinski definition) is 1. The second-order valence-corrected chi connectivity index (χ2v) is 6.00. The summed E-state index contributed by atoms with van der Waals surface area (Å²) < 4.78 is 0. The first-order valence-electron chi connectivity index (χ1n) is 8.02. The summed E-state index contributed by atoms with van der Waals surface area (Å²) in [5.74, 6) is 1.70. The van der Waals surface area contributed by atoms with E-state index in [0.29, 0.717) is 5.92 Å². The Morgan fingerprint density at radius 2 is 1.95 bits per heavy atom. The van der Waals surface area contributed by atoms with Crippen LogP contribution in [-0.2, 0) is 0 Å². The Labute approximate surface area is 126 Å². The van der Waals surface area contributed by atoms with Crippen LogP contribution in [0.3, 0.4) is 0 Å². The Balaban J connectivity index is 1.43. The maximum Gasteiger partial charge on any atom is 0.317 e. The van der Waals surface area contributed by atoms with E-state index in [1.165, 1.54) is 25.7 Å². The first-order valence-corrected chi connectivity index (χ1v) is 8.02. The minimum absolute atomic E-state index is 0.0996. The van der Waals surface area contributed by atoms with Gasteiger partial charge < -0.3 is 15.1 Å². The third kappa shape index (κ3) is 3.65. The Kier molecular flexibility index (Phi) is 4.58. The molecule has 0 bridgehead atoms. The lowest BCUT2D eigenvalue weighted by Gasteiger charge is -2.35. The minimum atomic E-state index is 0.0996. The predicted molar refractivity (Wildman–Crippen MR) is 83.4 cm³/mol. The van der Waals surface area contributed by atoms with E-state index >= 15 is 0 Å². The van der Waals surface area contributed by atoms with E-state index in [-0.39, 0.29) is 6.03 Å². The molecular weight excluding hydrogens is 264 g/mol. The molecule has 3 rings (SSSR count). The second kappa shape index (κ2) is 6.78. The van der Waals surface area contributed by atoms with Gasteiger partial charge in [0, 0.05) is 38.9 Å². The number of pyridine rings is 1. The minimum Gasteiger partial charge on any atom is -0.353 e. The van der Waals surface area contributed by atoms with Gasteiger partial charge in [-0.3, -0.25) is 0 Å². The summed E-state index contributed by atoms with van der Waals surface area (Å²) in [6.45, 7) is 4.10. The molecule has 1 aliphatic carbocycles. The molecule has 1 saturated carbocycles. The second-order valence-electron chi connectivity index (χ2n) is 6.00. The normalized spacial score (nSPS) is 19.8. The van der Waals surface area contributed by atoms with Gasteiger partial charge in [-0.2, -0.15) is 0 Å². The molecular formula is C16H24N4O. The largest absolute Gasteiger partial charge is 0.353 e. The molecule has 1 saturated heterocycles. The fourth-order valence-corrected chi connectivity index (χ4v) is 3.24. The summed E-state index contributed by atoms with van der Waals surface area (Å²) in [4.78, 5) is 20.7. The van der Waals surface area contributed by atoms with Crippen molar-refractivity contribution in [3.8, 4) is 0 Å². The van der Waals surface area contributed by atoms with Crippen LogP contribution in [0, 0.1) is 5.92 Å². The van der Waals surface area contributed by atoms with Crippen molar-refractivity contribution in [3.05, 3.63) is 24.4 Å². The predicted octanol–water partition coefficient (Wildman–Crippen LogP) is 2.10. The van der Waals surface area contributed by atoms with Crippen molar-refractivity contribution in [3.63, 3.8) is 0 Å². The standard InChI is InChI=1S/C16H24N4O/c21-16(18-13-14-5-1-2-6-14)20-11-9-19(10-12-20)15-7-3-4-8-17-15/h3-4,7-8,14H,1-2,5-6,9-13H2,(H,18,21). The fraction of sp³-hybridized carbons (Fsp3) is 0.625. The zero-order valence-electron chi connectivity index (χ0n) is 12.5. The van der Waals surface area contributed by atoms with Gasteiger partial charge in [0.15, 0.2) is 0 Å². The fourth-order valence-electron chi connectivity index (χ4n) is 3.24. The van der Waals surface area contributed by atoms with Crippen LogP contribution in [-0.4, -0.2) is 48.6 Å². The number of urea groups is 1. The summed E-state index contributed by atoms with van der Waals surface area (Å²) in [6, 6.07) is 6.05. The zero-order valence-corrected chi connectivity index (χ0v) is 12.5. The van der Waals surface area contributed by atoms with Gasteiger partial charge in [-0.05, 0) is 30.9 Å². The van der Waals surface area contributed by atoms with E-state index in [1.807, 2.05) is 29.3 Å². The maximum atomic E-state index is 12.2. The number of carbonyl (C=O) groups is 1. The van der Waals surface area contributed by atoms with Crippen LogP contribution in [0.15, 0.2) is 24.4 Å². The molecule has 1 aromatic rings. The number of amides is 2. The Morgan fingerprint density at radius 1 is 1.19 bits per heavy atom. The number of nitrogens with zero attached hydrogens (tertiary/aromatic N) is 3. The number of anilines is 1. The van der Waals surface area contributed by atoms with Crippen molar-refractivity contribution in [1.29, 1.82) is 0 Å². The van der Waals surface area contributed by atoms with E-state index in [4.69, 9.17) is 0 Å². The molecule has 0 atom stereocenters. The number of carbonyl (C=O) groups excluding carboxylic acids is 1. The van der Waals surface area contributed by atoms with Crippen LogP contribution in [0.25, 0.3) is 0 Å². The number of rotatable bonds is 3. The summed E-state index contributed by atoms with van der Waals surface area (Å²) in [5.41, 5.74) is 0. The molecule has 5 nitrogen and oxygen atoms in total. The van der Waals surface area contributed by atoms with Gasteiger partial charge in [-0.25, -0.2) is 9.78 Å². The monoisotopic (exact) mass is 288 g/mol. The first kappa shape index (κ1) is 14.2. The molecule has 0 unspecified atom stereocenters. The smallest absolute Gasteiger partial charge is 0.317 e. The lowest BCUT2D eigenvalue weighted by atomic mass is 10.1. The topological polar surface area (TPSA) is 48.5 Å². The zero-order chi connectivity index (χ0) is 14.5. The van der Waals surface area contributed by atoms with Crippen molar-refractivity contribution < 1.29 is 4.79 Å². The number of hydrogen-bond acceptors (Lipinski definition) is 3. The van der Waals surface area contributed by atoms with E-state index in [1.54, 1.807) is 0 Å². The highest BCUT2D eigenvalue weighted by molar-refractivity contribution is 5.74. The molecule has 0 radical (unpaired) electrons. The molecule has 1 N–H and O–H groups in total. The van der Waals surface area contributed by atoms with Gasteiger partial charge in [0.05, 0.1) is 0 Å². The highest BCUT2D eigenvalue weighted by atomic mass is 16.2. The third-order valence-corrected chi connectivity index (χ3v) is 4.56. The Bertz CT molecular complexity index is 451. The van der Waals surface area contributed by atoms with Gasteiger partial charge in [0.25, 0.3) is 0 Å². The molecule has 1 aromatic heterocycles. The van der Waals surface area contributed by atoms with Crippen LogP contribution < -0.4 is 10.2 Å². The highest BCUT2D eigenvalue weighted by Gasteiger charge is 2.22. The van der Waals surface area contributed by atoms with E-state index < -0.39 is 0 Å². The van der Waals surface area contributed by atoms with Crippen LogP contribution in [0.1, 0.15) is 25.7 Å². The average Bonchev–Trinajstić information content (AvgIpc) is 3.07. The van der Waals surface area contributed by atoms with E-state index in [0.717, 1.165) is 38.5 Å². The number of aromatic nitrogens is 1. The third-order valence-electron chi connectivity index (χ3n) is 4.56. The molecule has 0 aromatic carbocycles. The average molecular weight is 288 g/mol. The number of nitrogens with one attached hydrogen (secondary N) is 1. The van der Waals surface area contributed by atoms with Crippen LogP contribution in [0.4, 0.5) is 10.6 Å². The molecule has 21 heavy (non-hydrogen) atoms. The summed E-state index contributed by atoms with van der Waals surface area (Å²) >= 11 is 0. The van der Waals surface area contributed by atoms with Crippen molar-refractivity contribution >= 4 is 11.8 Å². The van der Waals surface area contributed by atoms with Crippen molar-refractivity contribution in [2.45, 2.75) is 25.7 Å². The quantitative estimate of drug-likeness (QED) is 0.926. The van der Waals surface area contributed by atoms with Crippen molar-refractivity contribution in [1.82, 2.24) is 15.2 Å². The maximum absolute atomic E-state index is 12.2. The van der Waals surface area contributed by atoms with Crippen LogP contribution >= 0.6 is 0 Å². The van der Waals surface area contributed by atoms with Gasteiger partial charge in [-0.15, -0.1) is 0 Å². The summed E-state index contributed by atoms with van der Waals surface area (Å²) in [5, 5.41) is 3.10. The van der Waals surface area contributed by atoms with Gasteiger partial charge in [0.2, 0.25) is 0 Å². The molecule has 2 amide bonds. The molecule has 2 aliphatic rings. The molecule has 0 spiro atoms. The van der Waals surface area contributed by atoms with E-state index in [2.05, 4.69) is 15.2 Å². The summed E-state index contributed by atoms with van der Waals surface area (Å²) in [6.07, 6.45) is 7.00. The lowest BCUT2D eigenvalue weighted by Crippen LogP contribution is -2.52.